The van der Waals surface area contributed by atoms with Crippen molar-refractivity contribution in [3.8, 4) is 0 Å². The Hall–Kier alpha value is -3.28. The van der Waals surface area contributed by atoms with Crippen LogP contribution in [-0.4, -0.2) is 36.6 Å². The van der Waals surface area contributed by atoms with E-state index in [1.165, 1.54) is 10.9 Å². The third-order valence-corrected chi connectivity index (χ3v) is 4.96. The van der Waals surface area contributed by atoms with Crippen molar-refractivity contribution >= 4 is 28.5 Å². The van der Waals surface area contributed by atoms with Gasteiger partial charge in [-0.2, -0.15) is 0 Å². The molecule has 3 aromatic rings. The van der Waals surface area contributed by atoms with E-state index in [2.05, 4.69) is 21.7 Å². The summed E-state index contributed by atoms with van der Waals surface area (Å²) in [5.41, 5.74) is 4.67. The quantitative estimate of drug-likeness (QED) is 0.653. The van der Waals surface area contributed by atoms with Crippen LogP contribution in [0.3, 0.4) is 0 Å². The first-order valence-electron chi connectivity index (χ1n) is 9.13. The van der Waals surface area contributed by atoms with Crippen molar-refractivity contribution in [2.75, 3.05) is 24.5 Å². The number of carbonyl (C=O) groups is 2. The maximum atomic E-state index is 12.5. The molecule has 0 aliphatic carbocycles. The van der Waals surface area contributed by atoms with Gasteiger partial charge in [0, 0.05) is 48.0 Å². The van der Waals surface area contributed by atoms with Crippen LogP contribution in [0.2, 0.25) is 0 Å². The number of urea groups is 1. The topological polar surface area (TPSA) is 77.2 Å². The molecule has 0 atom stereocenters. The van der Waals surface area contributed by atoms with Gasteiger partial charge in [0.15, 0.2) is 0 Å². The van der Waals surface area contributed by atoms with Gasteiger partial charge in [-0.3, -0.25) is 9.69 Å². The lowest BCUT2D eigenvalue weighted by Crippen LogP contribution is -2.29. The second kappa shape index (κ2) is 7.15. The monoisotopic (exact) mass is 362 g/mol. The first-order chi connectivity index (χ1) is 13.1. The van der Waals surface area contributed by atoms with E-state index >= 15 is 0 Å². The van der Waals surface area contributed by atoms with Gasteiger partial charge in [0.05, 0.1) is 0 Å². The highest BCUT2D eigenvalue weighted by molar-refractivity contribution is 5.98. The molecule has 0 bridgehead atoms. The van der Waals surface area contributed by atoms with Gasteiger partial charge in [-0.1, -0.05) is 18.2 Å². The van der Waals surface area contributed by atoms with Gasteiger partial charge in [-0.05, 0) is 48.7 Å². The summed E-state index contributed by atoms with van der Waals surface area (Å²) < 4.78 is 0. The number of aromatic nitrogens is 1. The highest BCUT2D eigenvalue weighted by Crippen LogP contribution is 2.23. The Bertz CT molecular complexity index is 1010. The number of para-hydroxylation sites is 1. The zero-order valence-corrected chi connectivity index (χ0v) is 15.2. The molecule has 2 heterocycles. The standard InChI is InChI=1S/C21H22N4O2/c1-14-12-15(6-7-19(14)25-11-10-23-21(25)27)20(26)22-9-8-16-13-24-18-5-3-2-4-17(16)18/h2-7,12-13,24H,8-11H2,1H3,(H,22,26)(H,23,27). The zero-order chi connectivity index (χ0) is 18.8. The number of aryl methyl sites for hydroxylation is 1. The predicted molar refractivity (Wildman–Crippen MR) is 106 cm³/mol. The Morgan fingerprint density at radius 3 is 2.85 bits per heavy atom. The summed E-state index contributed by atoms with van der Waals surface area (Å²) in [4.78, 5) is 29.3. The van der Waals surface area contributed by atoms with Crippen LogP contribution in [0.15, 0.2) is 48.7 Å². The largest absolute Gasteiger partial charge is 0.361 e. The molecule has 1 aliphatic heterocycles. The molecule has 4 rings (SSSR count). The van der Waals surface area contributed by atoms with Gasteiger partial charge >= 0.3 is 6.03 Å². The highest BCUT2D eigenvalue weighted by Gasteiger charge is 2.22. The van der Waals surface area contributed by atoms with Gasteiger partial charge in [0.25, 0.3) is 5.91 Å². The number of benzene rings is 2. The lowest BCUT2D eigenvalue weighted by atomic mass is 10.1. The fourth-order valence-corrected chi connectivity index (χ4v) is 3.55. The summed E-state index contributed by atoms with van der Waals surface area (Å²) in [5, 5.41) is 6.96. The maximum Gasteiger partial charge on any atom is 0.322 e. The molecule has 2 aromatic carbocycles. The number of rotatable bonds is 5. The molecule has 27 heavy (non-hydrogen) atoms. The average molecular weight is 362 g/mol. The van der Waals surface area contributed by atoms with E-state index in [0.29, 0.717) is 25.2 Å². The van der Waals surface area contributed by atoms with Crippen molar-refractivity contribution in [2.45, 2.75) is 13.3 Å². The van der Waals surface area contributed by atoms with Gasteiger partial charge in [0.1, 0.15) is 0 Å². The van der Waals surface area contributed by atoms with Gasteiger partial charge in [-0.15, -0.1) is 0 Å². The van der Waals surface area contributed by atoms with E-state index in [9.17, 15) is 9.59 Å². The molecular formula is C21H22N4O2. The van der Waals surface area contributed by atoms with Crippen LogP contribution in [0.5, 0.6) is 0 Å². The van der Waals surface area contributed by atoms with Crippen molar-refractivity contribution in [1.82, 2.24) is 15.6 Å². The van der Waals surface area contributed by atoms with Crippen LogP contribution in [0, 0.1) is 6.92 Å². The van der Waals surface area contributed by atoms with Crippen LogP contribution in [0.25, 0.3) is 10.9 Å². The third kappa shape index (κ3) is 3.38. The molecule has 3 N–H and O–H groups in total. The minimum atomic E-state index is -0.102. The molecule has 1 saturated heterocycles. The molecule has 6 nitrogen and oxygen atoms in total. The number of carbonyl (C=O) groups excluding carboxylic acids is 2. The van der Waals surface area contributed by atoms with Crippen molar-refractivity contribution in [3.05, 3.63) is 65.4 Å². The lowest BCUT2D eigenvalue weighted by molar-refractivity contribution is 0.0954. The minimum Gasteiger partial charge on any atom is -0.361 e. The summed E-state index contributed by atoms with van der Waals surface area (Å²) in [6.45, 7) is 3.78. The predicted octanol–water partition coefficient (Wildman–Crippen LogP) is 2.98. The minimum absolute atomic E-state index is 0.0889. The first-order valence-corrected chi connectivity index (χ1v) is 9.13. The average Bonchev–Trinajstić information content (AvgIpc) is 3.28. The number of aromatic amines is 1. The van der Waals surface area contributed by atoms with Crippen LogP contribution in [-0.2, 0) is 6.42 Å². The molecule has 138 valence electrons. The number of H-pyrrole nitrogens is 1. The molecule has 3 amide bonds. The van der Waals surface area contributed by atoms with E-state index in [1.54, 1.807) is 11.0 Å². The van der Waals surface area contributed by atoms with E-state index in [-0.39, 0.29) is 11.9 Å². The second-order valence-electron chi connectivity index (χ2n) is 6.75. The number of fused-ring (bicyclic) bond motifs is 1. The molecule has 1 fully saturated rings. The van der Waals surface area contributed by atoms with Crippen molar-refractivity contribution in [2.24, 2.45) is 0 Å². The molecule has 1 aliphatic rings. The van der Waals surface area contributed by atoms with Gasteiger partial charge in [-0.25, -0.2) is 4.79 Å². The van der Waals surface area contributed by atoms with E-state index in [4.69, 9.17) is 0 Å². The number of nitrogens with zero attached hydrogens (tertiary/aromatic N) is 1. The van der Waals surface area contributed by atoms with Crippen molar-refractivity contribution < 1.29 is 9.59 Å². The SMILES string of the molecule is Cc1cc(C(=O)NCCc2c[nH]c3ccccc23)ccc1N1CCNC1=O. The Kier molecular flexibility index (Phi) is 4.54. The maximum absolute atomic E-state index is 12.5. The Morgan fingerprint density at radius 2 is 2.07 bits per heavy atom. The Labute approximate surface area is 157 Å². The van der Waals surface area contributed by atoms with Crippen molar-refractivity contribution in [1.29, 1.82) is 0 Å². The Balaban J connectivity index is 1.39. The molecule has 6 heteroatoms. The third-order valence-electron chi connectivity index (χ3n) is 4.96. The van der Waals surface area contributed by atoms with Crippen LogP contribution in [0.4, 0.5) is 10.5 Å². The molecule has 0 spiro atoms. The highest BCUT2D eigenvalue weighted by atomic mass is 16.2. The van der Waals surface area contributed by atoms with Crippen LogP contribution >= 0.6 is 0 Å². The van der Waals surface area contributed by atoms with E-state index in [0.717, 1.165) is 23.2 Å². The second-order valence-corrected chi connectivity index (χ2v) is 6.75. The summed E-state index contributed by atoms with van der Waals surface area (Å²) >= 11 is 0. The number of anilines is 1. The molecule has 0 saturated carbocycles. The smallest absolute Gasteiger partial charge is 0.322 e. The van der Waals surface area contributed by atoms with E-state index < -0.39 is 0 Å². The van der Waals surface area contributed by atoms with Crippen LogP contribution in [0.1, 0.15) is 21.5 Å². The normalized spacial score (nSPS) is 13.8. The van der Waals surface area contributed by atoms with Gasteiger partial charge < -0.3 is 15.6 Å². The van der Waals surface area contributed by atoms with Crippen LogP contribution < -0.4 is 15.5 Å². The van der Waals surface area contributed by atoms with E-state index in [1.807, 2.05) is 43.5 Å². The fraction of sp³-hybridized carbons (Fsp3) is 0.238. The summed E-state index contributed by atoms with van der Waals surface area (Å²) in [6, 6.07) is 13.5. The van der Waals surface area contributed by atoms with Gasteiger partial charge in [0.2, 0.25) is 0 Å². The molecule has 0 radical (unpaired) electrons. The summed E-state index contributed by atoms with van der Waals surface area (Å²) in [5.74, 6) is -0.102. The zero-order valence-electron chi connectivity index (χ0n) is 15.2. The number of hydrogen-bond acceptors (Lipinski definition) is 2. The lowest BCUT2D eigenvalue weighted by Gasteiger charge is -2.17. The molecular weight excluding hydrogens is 340 g/mol. The summed E-state index contributed by atoms with van der Waals surface area (Å²) in [7, 11) is 0. The number of nitrogens with one attached hydrogen (secondary N) is 3. The first kappa shape index (κ1) is 17.1. The summed E-state index contributed by atoms with van der Waals surface area (Å²) in [6.07, 6.45) is 2.76. The molecule has 0 unspecified atom stereocenters. The Morgan fingerprint density at radius 1 is 1.22 bits per heavy atom. The number of amides is 3. The molecule has 1 aromatic heterocycles. The number of hydrogen-bond donors (Lipinski definition) is 3. The fourth-order valence-electron chi connectivity index (χ4n) is 3.55. The van der Waals surface area contributed by atoms with Crippen molar-refractivity contribution in [3.63, 3.8) is 0 Å².